The third kappa shape index (κ3) is 4.43. The van der Waals surface area contributed by atoms with E-state index in [1.54, 1.807) is 6.20 Å². The Morgan fingerprint density at radius 3 is 2.70 bits per heavy atom. The number of rotatable bonds is 5. The van der Waals surface area contributed by atoms with E-state index in [0.717, 1.165) is 16.2 Å². The van der Waals surface area contributed by atoms with Crippen LogP contribution < -0.4 is 5.32 Å². The molecule has 2 atom stereocenters. The average Bonchev–Trinajstić information content (AvgIpc) is 2.76. The number of aryl methyl sites for hydroxylation is 1. The number of carbonyl (C=O) groups is 1. The lowest BCUT2D eigenvalue weighted by molar-refractivity contribution is -0.158. The molecule has 1 N–H and O–H groups in total. The molecule has 0 saturated carbocycles. The van der Waals surface area contributed by atoms with Crippen molar-refractivity contribution >= 4 is 5.91 Å². The first kappa shape index (κ1) is 17.7. The highest BCUT2D eigenvalue weighted by Crippen LogP contribution is 2.26. The molecule has 0 radical (unpaired) electrons. The topological polar surface area (TPSA) is 45.2 Å². The largest absolute Gasteiger partial charge is 0.406 e. The molecule has 1 amide bonds. The van der Waals surface area contributed by atoms with Crippen molar-refractivity contribution in [1.82, 2.24) is 15.2 Å². The van der Waals surface area contributed by atoms with Gasteiger partial charge in [-0.15, -0.1) is 0 Å². The van der Waals surface area contributed by atoms with E-state index in [0.29, 0.717) is 6.42 Å². The molecule has 0 aliphatic carbocycles. The summed E-state index contributed by atoms with van der Waals surface area (Å²) >= 11 is 0. The van der Waals surface area contributed by atoms with Gasteiger partial charge in [-0.2, -0.15) is 13.2 Å². The first-order chi connectivity index (χ1) is 10.7. The van der Waals surface area contributed by atoms with Gasteiger partial charge in [0, 0.05) is 12.7 Å². The third-order valence-electron chi connectivity index (χ3n) is 4.06. The zero-order chi connectivity index (χ0) is 17.2. The van der Waals surface area contributed by atoms with Gasteiger partial charge in [-0.1, -0.05) is 19.9 Å². The summed E-state index contributed by atoms with van der Waals surface area (Å²) in [6, 6.07) is 3.01. The van der Waals surface area contributed by atoms with Crippen molar-refractivity contribution in [1.29, 1.82) is 0 Å². The minimum absolute atomic E-state index is 0.127. The van der Waals surface area contributed by atoms with Gasteiger partial charge in [0.25, 0.3) is 0 Å². The van der Waals surface area contributed by atoms with Crippen molar-refractivity contribution in [3.05, 3.63) is 29.6 Å². The summed E-state index contributed by atoms with van der Waals surface area (Å²) in [5.41, 5.74) is 1.83. The number of hydrogen-bond donors (Lipinski definition) is 1. The molecule has 1 aliphatic rings. The maximum atomic E-state index is 12.5. The van der Waals surface area contributed by atoms with Gasteiger partial charge in [-0.05, 0) is 30.9 Å². The molecule has 4 nitrogen and oxygen atoms in total. The van der Waals surface area contributed by atoms with E-state index >= 15 is 0 Å². The lowest BCUT2D eigenvalue weighted by Crippen LogP contribution is -2.44. The van der Waals surface area contributed by atoms with Crippen LogP contribution in [-0.2, 0) is 4.79 Å². The molecule has 1 aliphatic heterocycles. The van der Waals surface area contributed by atoms with Crippen molar-refractivity contribution in [2.75, 3.05) is 13.1 Å². The molecule has 2 rings (SSSR count). The number of amides is 1. The molecule has 1 saturated heterocycles. The predicted molar refractivity (Wildman–Crippen MR) is 80.7 cm³/mol. The van der Waals surface area contributed by atoms with Crippen LogP contribution in [0, 0.1) is 12.8 Å². The first-order valence-corrected chi connectivity index (χ1v) is 7.72. The summed E-state index contributed by atoms with van der Waals surface area (Å²) in [4.78, 5) is 17.5. The van der Waals surface area contributed by atoms with E-state index in [2.05, 4.69) is 10.3 Å². The number of halogens is 3. The van der Waals surface area contributed by atoms with E-state index in [4.69, 9.17) is 0 Å². The average molecular weight is 329 g/mol. The van der Waals surface area contributed by atoms with Gasteiger partial charge in [-0.3, -0.25) is 15.1 Å². The fraction of sp³-hybridized carbons (Fsp3) is 0.625. The molecule has 0 unspecified atom stereocenters. The van der Waals surface area contributed by atoms with E-state index in [-0.39, 0.29) is 18.5 Å². The summed E-state index contributed by atoms with van der Waals surface area (Å²) < 4.78 is 37.5. The Labute approximate surface area is 134 Å². The zero-order valence-corrected chi connectivity index (χ0v) is 13.5. The van der Waals surface area contributed by atoms with Crippen molar-refractivity contribution in [2.24, 2.45) is 5.92 Å². The Balaban J connectivity index is 2.10. The van der Waals surface area contributed by atoms with Gasteiger partial charge >= 0.3 is 6.18 Å². The fourth-order valence-electron chi connectivity index (χ4n) is 2.89. The number of nitrogens with zero attached hydrogens (tertiary/aromatic N) is 2. The predicted octanol–water partition coefficient (Wildman–Crippen LogP) is 2.84. The number of likely N-dealkylation sites (tertiary alicyclic amines) is 1. The fourth-order valence-corrected chi connectivity index (χ4v) is 2.89. The second-order valence-electron chi connectivity index (χ2n) is 6.31. The van der Waals surface area contributed by atoms with Crippen LogP contribution in [0.4, 0.5) is 13.2 Å². The smallest absolute Gasteiger partial charge is 0.332 e. The van der Waals surface area contributed by atoms with Gasteiger partial charge in [0.15, 0.2) is 0 Å². The maximum absolute atomic E-state index is 12.5. The molecule has 0 spiro atoms. The summed E-state index contributed by atoms with van der Waals surface area (Å²) in [5, 5.41) is 3.22. The monoisotopic (exact) mass is 329 g/mol. The van der Waals surface area contributed by atoms with E-state index in [1.807, 2.05) is 32.9 Å². The van der Waals surface area contributed by atoms with Gasteiger partial charge in [0.1, 0.15) is 6.54 Å². The van der Waals surface area contributed by atoms with Crippen LogP contribution in [0.25, 0.3) is 0 Å². The van der Waals surface area contributed by atoms with E-state index in [1.165, 1.54) is 0 Å². The van der Waals surface area contributed by atoms with Crippen molar-refractivity contribution < 1.29 is 18.0 Å². The van der Waals surface area contributed by atoms with Crippen LogP contribution in [0.15, 0.2) is 18.3 Å². The third-order valence-corrected chi connectivity index (χ3v) is 4.06. The van der Waals surface area contributed by atoms with Gasteiger partial charge in [0.05, 0.1) is 17.8 Å². The number of hydrogen-bond acceptors (Lipinski definition) is 3. The Morgan fingerprint density at radius 1 is 1.43 bits per heavy atom. The minimum atomic E-state index is -4.36. The van der Waals surface area contributed by atoms with Crippen molar-refractivity contribution in [3.8, 4) is 0 Å². The Morgan fingerprint density at radius 2 is 2.13 bits per heavy atom. The molecule has 7 heteroatoms. The van der Waals surface area contributed by atoms with Crippen LogP contribution in [0.2, 0.25) is 0 Å². The van der Waals surface area contributed by atoms with Crippen molar-refractivity contribution in [2.45, 2.75) is 45.5 Å². The maximum Gasteiger partial charge on any atom is 0.406 e. The van der Waals surface area contributed by atoms with Crippen LogP contribution in [0.3, 0.4) is 0 Å². The van der Waals surface area contributed by atoms with Crippen LogP contribution in [0.5, 0.6) is 0 Å². The Hall–Kier alpha value is -1.63. The van der Waals surface area contributed by atoms with Crippen molar-refractivity contribution in [3.63, 3.8) is 0 Å². The van der Waals surface area contributed by atoms with Gasteiger partial charge < -0.3 is 4.90 Å². The van der Waals surface area contributed by atoms with E-state index < -0.39 is 24.7 Å². The van der Waals surface area contributed by atoms with Gasteiger partial charge in [0.2, 0.25) is 5.91 Å². The summed E-state index contributed by atoms with van der Waals surface area (Å²) in [5.74, 6) is -0.324. The quantitative estimate of drug-likeness (QED) is 0.903. The molecule has 1 fully saturated rings. The normalized spacial score (nSPS) is 20.4. The van der Waals surface area contributed by atoms with Crippen LogP contribution in [0.1, 0.15) is 37.6 Å². The Kier molecular flexibility index (Phi) is 5.29. The molecule has 2 heterocycles. The Bertz CT molecular complexity index is 560. The standard InChI is InChI=1S/C16H22F3N3O/c1-10(2)13(14-11(3)5-4-7-20-14)21-12-6-8-22(15(12)23)9-16(17,18)19/h4-5,7,10,12-13,21H,6,8-9H2,1-3H3/t12-,13+/m1/s1. The molecule has 23 heavy (non-hydrogen) atoms. The van der Waals surface area contributed by atoms with E-state index in [9.17, 15) is 18.0 Å². The molecule has 1 aromatic heterocycles. The summed E-state index contributed by atoms with van der Waals surface area (Å²) in [6.07, 6.45) is -2.30. The highest BCUT2D eigenvalue weighted by Gasteiger charge is 2.40. The number of nitrogens with one attached hydrogen (secondary N) is 1. The summed E-state index contributed by atoms with van der Waals surface area (Å²) in [7, 11) is 0. The minimum Gasteiger partial charge on any atom is -0.332 e. The summed E-state index contributed by atoms with van der Waals surface area (Å²) in [6.45, 7) is 4.88. The SMILES string of the molecule is Cc1cccnc1[C@@H](N[C@@H]1CCN(CC(F)(F)F)C1=O)C(C)C. The molecular formula is C16H22F3N3O. The second kappa shape index (κ2) is 6.86. The molecule has 0 aromatic carbocycles. The zero-order valence-electron chi connectivity index (χ0n) is 13.5. The highest BCUT2D eigenvalue weighted by molar-refractivity contribution is 5.84. The molecular weight excluding hydrogens is 307 g/mol. The lowest BCUT2D eigenvalue weighted by Gasteiger charge is -2.26. The van der Waals surface area contributed by atoms with Crippen LogP contribution >= 0.6 is 0 Å². The number of pyridine rings is 1. The molecule has 0 bridgehead atoms. The lowest BCUT2D eigenvalue weighted by atomic mass is 9.96. The number of carbonyl (C=O) groups excluding carboxylic acids is 1. The number of alkyl halides is 3. The number of aromatic nitrogens is 1. The first-order valence-electron chi connectivity index (χ1n) is 7.72. The van der Waals surface area contributed by atoms with Crippen LogP contribution in [-0.4, -0.2) is 41.1 Å². The van der Waals surface area contributed by atoms with Gasteiger partial charge in [-0.25, -0.2) is 0 Å². The molecule has 1 aromatic rings. The molecule has 128 valence electrons. The second-order valence-corrected chi connectivity index (χ2v) is 6.31. The highest BCUT2D eigenvalue weighted by atomic mass is 19.4.